The zero-order valence-corrected chi connectivity index (χ0v) is 9.06. The Morgan fingerprint density at radius 1 is 1.50 bits per heavy atom. The highest BCUT2D eigenvalue weighted by Crippen LogP contribution is 2.39. The number of thiophene rings is 1. The van der Waals surface area contributed by atoms with Crippen LogP contribution >= 0.6 is 24.0 Å². The summed E-state index contributed by atoms with van der Waals surface area (Å²) in [6, 6.07) is 5.57. The Kier molecular flexibility index (Phi) is 2.20. The topological polar surface area (TPSA) is 43.1 Å². The molecule has 1 aromatic heterocycles. The molecule has 14 heavy (non-hydrogen) atoms. The second-order valence-corrected chi connectivity index (χ2v) is 4.45. The number of fused-ring (bicyclic) bond motifs is 1. The second-order valence-electron chi connectivity index (χ2n) is 2.94. The minimum atomic E-state index is -0.340. The van der Waals surface area contributed by atoms with Gasteiger partial charge in [-0.2, -0.15) is 0 Å². The first kappa shape index (κ1) is 9.48. The van der Waals surface area contributed by atoms with Gasteiger partial charge in [0.15, 0.2) is 0 Å². The lowest BCUT2D eigenvalue weighted by Crippen LogP contribution is -1.85. The summed E-state index contributed by atoms with van der Waals surface area (Å²) in [4.78, 5) is 11.1. The molecule has 0 aliphatic heterocycles. The minimum Gasteiger partial charge on any atom is -0.258 e. The summed E-state index contributed by atoms with van der Waals surface area (Å²) in [5.74, 6) is 0. The molecule has 0 unspecified atom stereocenters. The molecule has 0 atom stereocenters. The summed E-state index contributed by atoms with van der Waals surface area (Å²) in [5, 5.41) is 11.8. The molecule has 0 spiro atoms. The molecule has 0 aliphatic rings. The van der Waals surface area contributed by atoms with Gasteiger partial charge in [-0.3, -0.25) is 10.1 Å². The molecule has 1 aromatic carbocycles. The number of hydrogen-bond acceptors (Lipinski definition) is 4. The Morgan fingerprint density at radius 2 is 2.21 bits per heavy atom. The molecule has 0 amide bonds. The average Bonchev–Trinajstić information content (AvgIpc) is 2.45. The number of aryl methyl sites for hydroxylation is 1. The molecule has 0 N–H and O–H groups in total. The normalized spacial score (nSPS) is 10.7. The van der Waals surface area contributed by atoms with E-state index in [1.165, 1.54) is 11.3 Å². The Balaban J connectivity index is 2.87. The van der Waals surface area contributed by atoms with Crippen molar-refractivity contribution < 1.29 is 4.92 Å². The monoisotopic (exact) mass is 225 g/mol. The van der Waals surface area contributed by atoms with Gasteiger partial charge in [0.05, 0.1) is 4.92 Å². The van der Waals surface area contributed by atoms with Crippen LogP contribution in [0.3, 0.4) is 0 Å². The van der Waals surface area contributed by atoms with Crippen LogP contribution in [0.15, 0.2) is 23.1 Å². The number of thiol groups is 1. The van der Waals surface area contributed by atoms with Gasteiger partial charge in [0.1, 0.15) is 0 Å². The summed E-state index contributed by atoms with van der Waals surface area (Å²) in [6.45, 7) is 1.76. The van der Waals surface area contributed by atoms with Crippen molar-refractivity contribution in [2.24, 2.45) is 0 Å². The maximum absolute atomic E-state index is 10.7. The van der Waals surface area contributed by atoms with Crippen LogP contribution in [-0.4, -0.2) is 4.92 Å². The molecule has 0 fully saturated rings. The first-order valence-corrected chi connectivity index (χ1v) is 5.23. The number of rotatable bonds is 1. The van der Waals surface area contributed by atoms with Crippen molar-refractivity contribution in [3.8, 4) is 0 Å². The molecule has 3 nitrogen and oxygen atoms in total. The molecule has 0 saturated heterocycles. The Labute approximate surface area is 89.9 Å². The van der Waals surface area contributed by atoms with Crippen LogP contribution in [0, 0.1) is 17.0 Å². The molecule has 0 bridgehead atoms. The fourth-order valence-corrected chi connectivity index (χ4v) is 2.94. The largest absolute Gasteiger partial charge is 0.328 e. The first-order valence-electron chi connectivity index (χ1n) is 3.96. The lowest BCUT2D eigenvalue weighted by Gasteiger charge is -1.94. The summed E-state index contributed by atoms with van der Waals surface area (Å²) < 4.78 is 0.918. The van der Waals surface area contributed by atoms with Gasteiger partial charge >= 0.3 is 5.00 Å². The molecule has 2 rings (SSSR count). The van der Waals surface area contributed by atoms with E-state index in [4.69, 9.17) is 0 Å². The van der Waals surface area contributed by atoms with E-state index in [1.807, 2.05) is 18.2 Å². The van der Waals surface area contributed by atoms with Crippen LogP contribution in [0.5, 0.6) is 0 Å². The number of hydrogen-bond donors (Lipinski definition) is 1. The third-order valence-corrected chi connectivity index (χ3v) is 3.65. The van der Waals surface area contributed by atoms with Gasteiger partial charge in [-0.1, -0.05) is 17.4 Å². The smallest absolute Gasteiger partial charge is 0.258 e. The van der Waals surface area contributed by atoms with Gasteiger partial charge in [0.25, 0.3) is 0 Å². The molecular weight excluding hydrogens is 218 g/mol. The third-order valence-electron chi connectivity index (χ3n) is 2.07. The van der Waals surface area contributed by atoms with Crippen LogP contribution in [0.1, 0.15) is 5.56 Å². The van der Waals surface area contributed by atoms with Crippen LogP contribution in [0.25, 0.3) is 10.1 Å². The van der Waals surface area contributed by atoms with E-state index in [0.29, 0.717) is 5.56 Å². The second kappa shape index (κ2) is 3.25. The minimum absolute atomic E-state index is 0.210. The van der Waals surface area contributed by atoms with Crippen molar-refractivity contribution in [3.63, 3.8) is 0 Å². The number of nitrogens with zero attached hydrogens (tertiary/aromatic N) is 1. The van der Waals surface area contributed by atoms with Gasteiger partial charge in [0, 0.05) is 20.5 Å². The highest BCUT2D eigenvalue weighted by molar-refractivity contribution is 7.80. The van der Waals surface area contributed by atoms with Crippen LogP contribution < -0.4 is 0 Å². The standard InChI is InChI=1S/C9H7NO2S2/c1-5-8-6(13)3-2-4-7(8)14-9(5)10(11)12/h2-4,13H,1H3. The predicted molar refractivity (Wildman–Crippen MR) is 60.5 cm³/mol. The summed E-state index contributed by atoms with van der Waals surface area (Å²) in [7, 11) is 0. The zero-order valence-electron chi connectivity index (χ0n) is 7.35. The van der Waals surface area contributed by atoms with E-state index in [-0.39, 0.29) is 9.92 Å². The van der Waals surface area contributed by atoms with Crippen LogP contribution in [0.4, 0.5) is 5.00 Å². The van der Waals surface area contributed by atoms with Gasteiger partial charge in [-0.05, 0) is 19.1 Å². The SMILES string of the molecule is Cc1c([N+](=O)[O-])sc2cccc(S)c12. The average molecular weight is 225 g/mol. The molecular formula is C9H7NO2S2. The Hall–Kier alpha value is -1.07. The quantitative estimate of drug-likeness (QED) is 0.459. The van der Waals surface area contributed by atoms with Crippen LogP contribution in [-0.2, 0) is 0 Å². The van der Waals surface area contributed by atoms with Crippen molar-refractivity contribution in [1.29, 1.82) is 0 Å². The van der Waals surface area contributed by atoms with Crippen molar-refractivity contribution in [2.45, 2.75) is 11.8 Å². The predicted octanol–water partition coefficient (Wildman–Crippen LogP) is 3.41. The van der Waals surface area contributed by atoms with E-state index in [9.17, 15) is 10.1 Å². The molecule has 0 aliphatic carbocycles. The van der Waals surface area contributed by atoms with E-state index in [2.05, 4.69) is 12.6 Å². The Bertz CT molecular complexity index is 519. The fourth-order valence-electron chi connectivity index (χ4n) is 1.44. The van der Waals surface area contributed by atoms with Crippen molar-refractivity contribution in [3.05, 3.63) is 33.9 Å². The van der Waals surface area contributed by atoms with E-state index >= 15 is 0 Å². The van der Waals surface area contributed by atoms with Crippen molar-refractivity contribution in [2.75, 3.05) is 0 Å². The van der Waals surface area contributed by atoms with E-state index in [1.54, 1.807) is 6.92 Å². The number of nitro groups is 1. The molecule has 72 valence electrons. The highest BCUT2D eigenvalue weighted by atomic mass is 32.1. The Morgan fingerprint density at radius 3 is 2.79 bits per heavy atom. The molecule has 0 saturated carbocycles. The first-order chi connectivity index (χ1) is 6.61. The lowest BCUT2D eigenvalue weighted by molar-refractivity contribution is -0.380. The maximum atomic E-state index is 10.7. The molecule has 0 radical (unpaired) electrons. The molecule has 5 heteroatoms. The van der Waals surface area contributed by atoms with Crippen molar-refractivity contribution in [1.82, 2.24) is 0 Å². The lowest BCUT2D eigenvalue weighted by atomic mass is 10.2. The molecule has 2 aromatic rings. The van der Waals surface area contributed by atoms with Crippen LogP contribution in [0.2, 0.25) is 0 Å². The van der Waals surface area contributed by atoms with Gasteiger partial charge in [0.2, 0.25) is 0 Å². The number of benzene rings is 1. The fraction of sp³-hybridized carbons (Fsp3) is 0.111. The highest BCUT2D eigenvalue weighted by Gasteiger charge is 2.18. The molecule has 1 heterocycles. The summed E-state index contributed by atoms with van der Waals surface area (Å²) >= 11 is 5.48. The third kappa shape index (κ3) is 1.29. The van der Waals surface area contributed by atoms with Gasteiger partial charge in [-0.25, -0.2) is 0 Å². The summed E-state index contributed by atoms with van der Waals surface area (Å²) in [6.07, 6.45) is 0. The maximum Gasteiger partial charge on any atom is 0.328 e. The van der Waals surface area contributed by atoms with Gasteiger partial charge < -0.3 is 0 Å². The van der Waals surface area contributed by atoms with E-state index in [0.717, 1.165) is 15.0 Å². The van der Waals surface area contributed by atoms with E-state index < -0.39 is 0 Å². The van der Waals surface area contributed by atoms with Crippen molar-refractivity contribution >= 4 is 39.1 Å². The van der Waals surface area contributed by atoms with Gasteiger partial charge in [-0.15, -0.1) is 12.6 Å². The summed E-state index contributed by atoms with van der Waals surface area (Å²) in [5.41, 5.74) is 0.709. The zero-order chi connectivity index (χ0) is 10.3.